The molecule has 1 fully saturated rings. The number of aryl methyl sites for hydroxylation is 1. The fraction of sp³-hybridized carbons (Fsp3) is 0.346. The van der Waals surface area contributed by atoms with E-state index in [4.69, 9.17) is 0 Å². The minimum atomic E-state index is -0.568. The highest BCUT2D eigenvalue weighted by molar-refractivity contribution is 7.09. The topological polar surface area (TPSA) is 65.5 Å². The van der Waals surface area contributed by atoms with Gasteiger partial charge in [-0.25, -0.2) is 4.98 Å². The molecule has 1 aromatic heterocycles. The molecule has 4 rings (SSSR count). The van der Waals surface area contributed by atoms with Crippen LogP contribution < -0.4 is 5.32 Å². The number of benzene rings is 2. The lowest BCUT2D eigenvalue weighted by Gasteiger charge is -2.38. The van der Waals surface area contributed by atoms with Gasteiger partial charge < -0.3 is 10.2 Å². The van der Waals surface area contributed by atoms with Gasteiger partial charge in [-0.1, -0.05) is 42.5 Å². The first kappa shape index (κ1) is 23.1. The normalized spacial score (nSPS) is 14.8. The summed E-state index contributed by atoms with van der Waals surface area (Å²) in [5.41, 5.74) is 3.13. The maximum absolute atomic E-state index is 13.2. The number of piperazine rings is 1. The van der Waals surface area contributed by atoms with E-state index in [0.717, 1.165) is 27.5 Å². The second kappa shape index (κ2) is 9.85. The summed E-state index contributed by atoms with van der Waals surface area (Å²) in [6.45, 7) is 8.86. The first-order chi connectivity index (χ1) is 15.8. The van der Waals surface area contributed by atoms with Crippen LogP contribution in [0, 0.1) is 6.92 Å². The quantitative estimate of drug-likeness (QED) is 0.597. The number of hydrogen-bond donors (Lipinski definition) is 1. The van der Waals surface area contributed by atoms with Crippen LogP contribution in [-0.4, -0.2) is 59.3 Å². The van der Waals surface area contributed by atoms with E-state index >= 15 is 0 Å². The van der Waals surface area contributed by atoms with Crippen LogP contribution in [0.25, 0.3) is 11.3 Å². The molecule has 2 aromatic carbocycles. The number of carbonyl (C=O) groups is 2. The minimum absolute atomic E-state index is 0.0500. The highest BCUT2D eigenvalue weighted by Gasteiger charge is 2.35. The second-order valence-electron chi connectivity index (χ2n) is 8.94. The molecule has 0 atom stereocenters. The summed E-state index contributed by atoms with van der Waals surface area (Å²) >= 11 is 1.61. The fourth-order valence-electron chi connectivity index (χ4n) is 4.14. The van der Waals surface area contributed by atoms with Gasteiger partial charge in [-0.2, -0.15) is 0 Å². The molecule has 1 saturated heterocycles. The highest BCUT2D eigenvalue weighted by Crippen LogP contribution is 2.26. The molecule has 7 heteroatoms. The summed E-state index contributed by atoms with van der Waals surface area (Å²) in [4.78, 5) is 34.3. The van der Waals surface area contributed by atoms with Crippen LogP contribution in [0.5, 0.6) is 0 Å². The van der Waals surface area contributed by atoms with Crippen molar-refractivity contribution in [2.45, 2.75) is 26.2 Å². The third-order valence-corrected chi connectivity index (χ3v) is 6.89. The number of nitrogens with zero attached hydrogens (tertiary/aromatic N) is 3. The Morgan fingerprint density at radius 2 is 1.76 bits per heavy atom. The molecule has 33 heavy (non-hydrogen) atoms. The number of thiazole rings is 1. The number of anilines is 1. The van der Waals surface area contributed by atoms with Gasteiger partial charge in [0.1, 0.15) is 0 Å². The Morgan fingerprint density at radius 3 is 2.42 bits per heavy atom. The van der Waals surface area contributed by atoms with E-state index in [-0.39, 0.29) is 11.8 Å². The van der Waals surface area contributed by atoms with E-state index in [1.54, 1.807) is 11.3 Å². The van der Waals surface area contributed by atoms with Crippen molar-refractivity contribution in [1.82, 2.24) is 14.8 Å². The molecule has 1 N–H and O–H groups in total. The van der Waals surface area contributed by atoms with Gasteiger partial charge in [-0.15, -0.1) is 11.3 Å². The lowest BCUT2D eigenvalue weighted by Crippen LogP contribution is -2.54. The summed E-state index contributed by atoms with van der Waals surface area (Å²) in [6.07, 6.45) is 0. The van der Waals surface area contributed by atoms with Gasteiger partial charge in [-0.3, -0.25) is 14.5 Å². The molecule has 0 saturated carbocycles. The molecular weight excluding hydrogens is 432 g/mol. The molecule has 0 spiro atoms. The van der Waals surface area contributed by atoms with E-state index in [2.05, 4.69) is 15.2 Å². The maximum atomic E-state index is 13.2. The van der Waals surface area contributed by atoms with Crippen LogP contribution in [0.3, 0.4) is 0 Å². The largest absolute Gasteiger partial charge is 0.339 e. The lowest BCUT2D eigenvalue weighted by molar-refractivity contribution is -0.138. The molecule has 1 aliphatic heterocycles. The van der Waals surface area contributed by atoms with Crippen molar-refractivity contribution in [3.63, 3.8) is 0 Å². The van der Waals surface area contributed by atoms with E-state index in [9.17, 15) is 9.59 Å². The molecule has 1 aliphatic rings. The highest BCUT2D eigenvalue weighted by atomic mass is 32.1. The molecule has 172 valence electrons. The summed E-state index contributed by atoms with van der Waals surface area (Å²) in [7, 11) is 0. The number of rotatable bonds is 6. The summed E-state index contributed by atoms with van der Waals surface area (Å²) in [5.74, 6) is 0.0814. The Kier molecular flexibility index (Phi) is 6.91. The van der Waals surface area contributed by atoms with Crippen LogP contribution in [-0.2, 0) is 15.0 Å². The van der Waals surface area contributed by atoms with Gasteiger partial charge in [0.15, 0.2) is 0 Å². The van der Waals surface area contributed by atoms with Crippen molar-refractivity contribution in [1.29, 1.82) is 0 Å². The van der Waals surface area contributed by atoms with E-state index in [0.29, 0.717) is 32.7 Å². The van der Waals surface area contributed by atoms with Crippen molar-refractivity contribution in [2.24, 2.45) is 0 Å². The standard InChI is InChI=1S/C26H30N4O2S/c1-19-27-23(18-33-19)20-8-7-11-22(16-20)28-24(31)17-29-12-14-30(15-13-29)25(32)26(2,3)21-9-5-4-6-10-21/h4-11,16,18H,12-15,17H2,1-3H3,(H,28,31). The average molecular weight is 463 g/mol. The van der Waals surface area contributed by atoms with E-state index in [1.807, 2.05) is 85.6 Å². The molecule has 6 nitrogen and oxygen atoms in total. The van der Waals surface area contributed by atoms with Gasteiger partial charge in [0.25, 0.3) is 0 Å². The minimum Gasteiger partial charge on any atom is -0.339 e. The predicted molar refractivity (Wildman–Crippen MR) is 133 cm³/mol. The van der Waals surface area contributed by atoms with E-state index in [1.165, 1.54) is 0 Å². The zero-order chi connectivity index (χ0) is 23.4. The monoisotopic (exact) mass is 462 g/mol. The zero-order valence-electron chi connectivity index (χ0n) is 19.4. The van der Waals surface area contributed by atoms with Crippen molar-refractivity contribution in [2.75, 3.05) is 38.0 Å². The molecule has 0 radical (unpaired) electrons. The number of aromatic nitrogens is 1. The molecular formula is C26H30N4O2S. The maximum Gasteiger partial charge on any atom is 0.238 e. The number of amides is 2. The van der Waals surface area contributed by atoms with Crippen molar-refractivity contribution < 1.29 is 9.59 Å². The molecule has 2 heterocycles. The van der Waals surface area contributed by atoms with Gasteiger partial charge in [0.2, 0.25) is 11.8 Å². The lowest BCUT2D eigenvalue weighted by atomic mass is 9.83. The Balaban J connectivity index is 1.29. The van der Waals surface area contributed by atoms with Gasteiger partial charge in [0.05, 0.1) is 22.7 Å². The first-order valence-corrected chi connectivity index (χ1v) is 12.1. The second-order valence-corrected chi connectivity index (χ2v) is 10.0. The summed E-state index contributed by atoms with van der Waals surface area (Å²) in [5, 5.41) is 6.04. The van der Waals surface area contributed by atoms with Crippen molar-refractivity contribution in [3.05, 3.63) is 70.5 Å². The van der Waals surface area contributed by atoms with Crippen LogP contribution >= 0.6 is 11.3 Å². The predicted octanol–water partition coefficient (Wildman–Crippen LogP) is 4.18. The first-order valence-electron chi connectivity index (χ1n) is 11.2. The Labute approximate surface area is 199 Å². The smallest absolute Gasteiger partial charge is 0.238 e. The Morgan fingerprint density at radius 1 is 1.03 bits per heavy atom. The summed E-state index contributed by atoms with van der Waals surface area (Å²) in [6, 6.07) is 17.7. The Bertz CT molecular complexity index is 1120. The van der Waals surface area contributed by atoms with Gasteiger partial charge in [-0.05, 0) is 38.5 Å². The SMILES string of the molecule is Cc1nc(-c2cccc(NC(=O)CN3CCN(C(=O)C(C)(C)c4ccccc4)CC3)c2)cs1. The average Bonchev–Trinajstić information content (AvgIpc) is 3.26. The Hall–Kier alpha value is -3.03. The summed E-state index contributed by atoms with van der Waals surface area (Å²) < 4.78 is 0. The van der Waals surface area contributed by atoms with Crippen LogP contribution in [0.1, 0.15) is 24.4 Å². The van der Waals surface area contributed by atoms with Crippen LogP contribution in [0.2, 0.25) is 0 Å². The molecule has 0 bridgehead atoms. The fourth-order valence-corrected chi connectivity index (χ4v) is 4.76. The van der Waals surface area contributed by atoms with Gasteiger partial charge in [0, 0.05) is 42.8 Å². The number of carbonyl (C=O) groups excluding carboxylic acids is 2. The molecule has 0 aliphatic carbocycles. The molecule has 2 amide bonds. The van der Waals surface area contributed by atoms with Crippen molar-refractivity contribution >= 4 is 28.8 Å². The third kappa shape index (κ3) is 5.49. The number of nitrogens with one attached hydrogen (secondary N) is 1. The van der Waals surface area contributed by atoms with E-state index < -0.39 is 5.41 Å². The third-order valence-electron chi connectivity index (χ3n) is 6.12. The van der Waals surface area contributed by atoms with Crippen LogP contribution in [0.4, 0.5) is 5.69 Å². The number of hydrogen-bond acceptors (Lipinski definition) is 5. The van der Waals surface area contributed by atoms with Crippen LogP contribution in [0.15, 0.2) is 60.0 Å². The zero-order valence-corrected chi connectivity index (χ0v) is 20.2. The molecule has 3 aromatic rings. The van der Waals surface area contributed by atoms with Crippen molar-refractivity contribution in [3.8, 4) is 11.3 Å². The molecule has 0 unspecified atom stereocenters. The van der Waals surface area contributed by atoms with Gasteiger partial charge >= 0.3 is 0 Å².